The van der Waals surface area contributed by atoms with E-state index < -0.39 is 0 Å². The third-order valence-electron chi connectivity index (χ3n) is 2.06. The molecule has 0 saturated heterocycles. The highest BCUT2D eigenvalue weighted by Crippen LogP contribution is 2.10. The van der Waals surface area contributed by atoms with E-state index in [4.69, 9.17) is 4.74 Å². The fourth-order valence-electron chi connectivity index (χ4n) is 1.30. The topological polar surface area (TPSA) is 55.2 Å². The summed E-state index contributed by atoms with van der Waals surface area (Å²) in [4.78, 5) is 4.02. The Hall–Kier alpha value is -1.52. The zero-order valence-electron chi connectivity index (χ0n) is 8.23. The SMILES string of the molecule is CCCCCOc1cc2ncnn2[nH]1. The lowest BCUT2D eigenvalue weighted by atomic mass is 10.3. The van der Waals surface area contributed by atoms with E-state index >= 15 is 0 Å². The van der Waals surface area contributed by atoms with Gasteiger partial charge in [0.1, 0.15) is 6.33 Å². The Bertz CT molecular complexity index is 364. The molecule has 0 spiro atoms. The van der Waals surface area contributed by atoms with Gasteiger partial charge in [0.25, 0.3) is 0 Å². The van der Waals surface area contributed by atoms with Gasteiger partial charge in [0, 0.05) is 6.07 Å². The Kier molecular flexibility index (Phi) is 2.67. The average molecular weight is 194 g/mol. The Labute approximate surface area is 82.1 Å². The summed E-state index contributed by atoms with van der Waals surface area (Å²) >= 11 is 0. The van der Waals surface area contributed by atoms with Crippen LogP contribution >= 0.6 is 0 Å². The van der Waals surface area contributed by atoms with Crippen molar-refractivity contribution in [2.45, 2.75) is 26.2 Å². The number of rotatable bonds is 5. The summed E-state index contributed by atoms with van der Waals surface area (Å²) in [6.07, 6.45) is 5.01. The number of fused-ring (bicyclic) bond motifs is 1. The Balaban J connectivity index is 1.89. The predicted octanol–water partition coefficient (Wildman–Crippen LogP) is 1.63. The average Bonchev–Trinajstić information content (AvgIpc) is 2.72. The number of hydrogen-bond donors (Lipinski definition) is 1. The number of ether oxygens (including phenoxy) is 1. The molecule has 2 rings (SSSR count). The van der Waals surface area contributed by atoms with Crippen molar-refractivity contribution in [1.82, 2.24) is 19.8 Å². The number of H-pyrrole nitrogens is 1. The van der Waals surface area contributed by atoms with Gasteiger partial charge in [0.2, 0.25) is 5.88 Å². The van der Waals surface area contributed by atoms with Crippen molar-refractivity contribution >= 4 is 5.65 Å². The first-order valence-corrected chi connectivity index (χ1v) is 4.91. The highest BCUT2D eigenvalue weighted by Gasteiger charge is 2.01. The lowest BCUT2D eigenvalue weighted by molar-refractivity contribution is 0.292. The number of nitrogens with zero attached hydrogens (tertiary/aromatic N) is 3. The highest BCUT2D eigenvalue weighted by molar-refractivity contribution is 5.39. The molecule has 0 bridgehead atoms. The van der Waals surface area contributed by atoms with Crippen LogP contribution in [0.2, 0.25) is 0 Å². The van der Waals surface area contributed by atoms with Crippen LogP contribution in [-0.2, 0) is 0 Å². The first-order valence-electron chi connectivity index (χ1n) is 4.91. The predicted molar refractivity (Wildman–Crippen MR) is 52.4 cm³/mol. The smallest absolute Gasteiger partial charge is 0.211 e. The van der Waals surface area contributed by atoms with Gasteiger partial charge >= 0.3 is 0 Å². The zero-order valence-corrected chi connectivity index (χ0v) is 8.23. The fourth-order valence-corrected chi connectivity index (χ4v) is 1.30. The van der Waals surface area contributed by atoms with Crippen LogP contribution in [0, 0.1) is 0 Å². The summed E-state index contributed by atoms with van der Waals surface area (Å²) in [7, 11) is 0. The van der Waals surface area contributed by atoms with Crippen molar-refractivity contribution in [3.8, 4) is 5.88 Å². The largest absolute Gasteiger partial charge is 0.478 e. The third-order valence-corrected chi connectivity index (χ3v) is 2.06. The van der Waals surface area contributed by atoms with E-state index in [1.807, 2.05) is 6.07 Å². The maximum atomic E-state index is 5.50. The monoisotopic (exact) mass is 194 g/mol. The van der Waals surface area contributed by atoms with Gasteiger partial charge in [-0.3, -0.25) is 0 Å². The van der Waals surface area contributed by atoms with E-state index in [2.05, 4.69) is 22.1 Å². The molecule has 0 aromatic carbocycles. The van der Waals surface area contributed by atoms with Crippen molar-refractivity contribution in [3.05, 3.63) is 12.4 Å². The van der Waals surface area contributed by atoms with Gasteiger partial charge < -0.3 is 4.74 Å². The Morgan fingerprint density at radius 2 is 2.43 bits per heavy atom. The van der Waals surface area contributed by atoms with E-state index in [-0.39, 0.29) is 0 Å². The number of aromatic nitrogens is 4. The molecule has 0 aliphatic heterocycles. The van der Waals surface area contributed by atoms with E-state index in [1.54, 1.807) is 4.63 Å². The van der Waals surface area contributed by atoms with Gasteiger partial charge in [0.05, 0.1) is 6.61 Å². The summed E-state index contributed by atoms with van der Waals surface area (Å²) in [5, 5.41) is 6.93. The molecule has 5 nitrogen and oxygen atoms in total. The lowest BCUT2D eigenvalue weighted by Gasteiger charge is -2.00. The van der Waals surface area contributed by atoms with Gasteiger partial charge in [-0.1, -0.05) is 19.8 Å². The molecule has 1 N–H and O–H groups in total. The molecule has 0 amide bonds. The molecule has 0 saturated carbocycles. The minimum atomic E-state index is 0.733. The standard InChI is InChI=1S/C9H14N4O/c1-2-3-4-5-14-9-6-8-10-7-11-13(8)12-9/h6-7,12H,2-5H2,1H3. The van der Waals surface area contributed by atoms with Crippen LogP contribution in [0.4, 0.5) is 0 Å². The van der Waals surface area contributed by atoms with Gasteiger partial charge in [-0.25, -0.2) is 10.1 Å². The second kappa shape index (κ2) is 4.13. The Morgan fingerprint density at radius 3 is 3.21 bits per heavy atom. The molecule has 0 aliphatic rings. The van der Waals surface area contributed by atoms with Crippen LogP contribution in [0.3, 0.4) is 0 Å². The number of aromatic amines is 1. The van der Waals surface area contributed by atoms with Crippen molar-refractivity contribution < 1.29 is 4.74 Å². The zero-order chi connectivity index (χ0) is 9.80. The van der Waals surface area contributed by atoms with E-state index in [9.17, 15) is 0 Å². The quantitative estimate of drug-likeness (QED) is 0.736. The van der Waals surface area contributed by atoms with Crippen LogP contribution in [0.15, 0.2) is 12.4 Å². The summed E-state index contributed by atoms with van der Waals surface area (Å²) in [5.41, 5.74) is 0.787. The molecular formula is C9H14N4O. The van der Waals surface area contributed by atoms with Crippen LogP contribution in [0.1, 0.15) is 26.2 Å². The molecule has 0 unspecified atom stereocenters. The minimum Gasteiger partial charge on any atom is -0.478 e. The normalized spacial score (nSPS) is 10.9. The van der Waals surface area contributed by atoms with Crippen LogP contribution in [0.5, 0.6) is 5.88 Å². The first kappa shape index (κ1) is 9.05. The highest BCUT2D eigenvalue weighted by atomic mass is 16.5. The number of hydrogen-bond acceptors (Lipinski definition) is 3. The van der Waals surface area contributed by atoms with Gasteiger partial charge in [-0.15, -0.1) is 5.10 Å². The molecule has 14 heavy (non-hydrogen) atoms. The molecule has 5 heteroatoms. The molecule has 0 fully saturated rings. The molecule has 2 aromatic rings. The van der Waals surface area contributed by atoms with Gasteiger partial charge in [-0.05, 0) is 6.42 Å². The van der Waals surface area contributed by atoms with Crippen LogP contribution < -0.4 is 4.74 Å². The summed E-state index contributed by atoms with van der Waals surface area (Å²) in [6, 6.07) is 1.85. The molecule has 0 atom stereocenters. The molecule has 2 heterocycles. The molecule has 0 aliphatic carbocycles. The first-order chi connectivity index (χ1) is 6.90. The van der Waals surface area contributed by atoms with E-state index in [0.717, 1.165) is 24.6 Å². The minimum absolute atomic E-state index is 0.733. The molecule has 0 radical (unpaired) electrons. The van der Waals surface area contributed by atoms with Crippen molar-refractivity contribution in [2.24, 2.45) is 0 Å². The van der Waals surface area contributed by atoms with Crippen LogP contribution in [-0.4, -0.2) is 26.4 Å². The molecule has 2 aromatic heterocycles. The van der Waals surface area contributed by atoms with Crippen molar-refractivity contribution in [2.75, 3.05) is 6.61 Å². The van der Waals surface area contributed by atoms with E-state index in [0.29, 0.717) is 0 Å². The number of unbranched alkanes of at least 4 members (excludes halogenated alkanes) is 2. The maximum Gasteiger partial charge on any atom is 0.211 e. The van der Waals surface area contributed by atoms with Crippen molar-refractivity contribution in [1.29, 1.82) is 0 Å². The summed E-state index contributed by atoms with van der Waals surface area (Å²) in [5.74, 6) is 0.733. The summed E-state index contributed by atoms with van der Waals surface area (Å²) in [6.45, 7) is 2.92. The Morgan fingerprint density at radius 1 is 1.50 bits per heavy atom. The molecular weight excluding hydrogens is 180 g/mol. The van der Waals surface area contributed by atoms with Crippen molar-refractivity contribution in [3.63, 3.8) is 0 Å². The van der Waals surface area contributed by atoms with Crippen LogP contribution in [0.25, 0.3) is 5.65 Å². The van der Waals surface area contributed by atoms with E-state index in [1.165, 1.54) is 19.2 Å². The molecule has 76 valence electrons. The fraction of sp³-hybridized carbons (Fsp3) is 0.556. The lowest BCUT2D eigenvalue weighted by Crippen LogP contribution is -1.97. The number of nitrogens with one attached hydrogen (secondary N) is 1. The maximum absolute atomic E-state index is 5.50. The second-order valence-corrected chi connectivity index (χ2v) is 3.21. The second-order valence-electron chi connectivity index (χ2n) is 3.21. The van der Waals surface area contributed by atoms with Gasteiger partial charge in [-0.2, -0.15) is 4.63 Å². The van der Waals surface area contributed by atoms with Gasteiger partial charge in [0.15, 0.2) is 5.65 Å². The summed E-state index contributed by atoms with van der Waals surface area (Å²) < 4.78 is 7.09. The third kappa shape index (κ3) is 1.86.